The number of aliphatic imine (C=N–C) groups is 1. The number of likely N-dealkylation sites (tertiary alicyclic amines) is 1. The Hall–Kier alpha value is -5.47. The zero-order chi connectivity index (χ0) is 35.9. The molecule has 51 heavy (non-hydrogen) atoms. The molecule has 2 aromatic heterocycles. The van der Waals surface area contributed by atoms with Gasteiger partial charge in [0.15, 0.2) is 23.5 Å². The summed E-state index contributed by atoms with van der Waals surface area (Å²) in [7, 11) is 5.27. The Morgan fingerprint density at radius 1 is 1.00 bits per heavy atom. The number of amides is 3. The monoisotopic (exact) mass is 698 g/mol. The van der Waals surface area contributed by atoms with Gasteiger partial charge in [-0.3, -0.25) is 29.1 Å². The fourth-order valence-corrected chi connectivity index (χ4v) is 6.18. The number of hydrogen-bond acceptors (Lipinski definition) is 10. The third-order valence-electron chi connectivity index (χ3n) is 9.01. The van der Waals surface area contributed by atoms with E-state index in [1.807, 2.05) is 6.21 Å². The number of nitrogens with zero attached hydrogens (tertiary/aromatic N) is 4. The van der Waals surface area contributed by atoms with Crippen molar-refractivity contribution in [3.05, 3.63) is 65.7 Å². The van der Waals surface area contributed by atoms with Gasteiger partial charge in [-0.2, -0.15) is 0 Å². The number of furan rings is 1. The molecule has 4 aromatic rings. The minimum Gasteiger partial charge on any atom is -0.493 e. The van der Waals surface area contributed by atoms with Gasteiger partial charge in [-0.15, -0.1) is 0 Å². The summed E-state index contributed by atoms with van der Waals surface area (Å²) < 4.78 is 24.1. The van der Waals surface area contributed by atoms with Crippen LogP contribution in [-0.4, -0.2) is 104 Å². The van der Waals surface area contributed by atoms with Crippen molar-refractivity contribution < 1.29 is 37.8 Å². The molecule has 2 aliphatic heterocycles. The Bertz CT molecular complexity index is 1940. The molecule has 0 spiro atoms. The third kappa shape index (κ3) is 8.47. The SMILES string of the molecule is COc1cc(C=O)c(/N=C\C2CCCN2C)cc1OCCCC(=O)Nc1cc(C(=O)Nc2ccc3oc(C(=O)N4CCOCC4)cc3c2)n(C)c1. The van der Waals surface area contributed by atoms with E-state index in [0.717, 1.165) is 25.7 Å². The van der Waals surface area contributed by atoms with Crippen LogP contribution in [0.1, 0.15) is 57.1 Å². The van der Waals surface area contributed by atoms with Crippen LogP contribution in [-0.2, 0) is 16.6 Å². The number of aryl methyl sites for hydroxylation is 1. The van der Waals surface area contributed by atoms with Gasteiger partial charge in [0.05, 0.1) is 38.3 Å². The molecular formula is C37H42N6O8. The van der Waals surface area contributed by atoms with Crippen molar-refractivity contribution in [2.24, 2.45) is 12.0 Å². The highest BCUT2D eigenvalue weighted by Gasteiger charge is 2.23. The van der Waals surface area contributed by atoms with Crippen LogP contribution in [0.5, 0.6) is 11.5 Å². The summed E-state index contributed by atoms with van der Waals surface area (Å²) in [5, 5.41) is 6.41. The van der Waals surface area contributed by atoms with E-state index in [2.05, 4.69) is 27.6 Å². The lowest BCUT2D eigenvalue weighted by molar-refractivity contribution is -0.116. The first-order chi connectivity index (χ1) is 24.7. The van der Waals surface area contributed by atoms with Crippen molar-refractivity contribution in [1.29, 1.82) is 0 Å². The number of ether oxygens (including phenoxy) is 3. The summed E-state index contributed by atoms with van der Waals surface area (Å²) in [5.41, 5.74) is 2.78. The highest BCUT2D eigenvalue weighted by atomic mass is 16.5. The van der Waals surface area contributed by atoms with Crippen molar-refractivity contribution in [1.82, 2.24) is 14.4 Å². The van der Waals surface area contributed by atoms with E-state index in [0.29, 0.717) is 83.5 Å². The van der Waals surface area contributed by atoms with Crippen LogP contribution in [0, 0.1) is 0 Å². The maximum Gasteiger partial charge on any atom is 0.289 e. The standard InChI is InChI=1S/C37H42N6O8/c1-41-10-4-6-28(41)21-38-29-20-33(32(48-3)18-25(29)23-44)50-13-5-7-35(45)39-27-19-30(42(2)22-27)36(46)40-26-8-9-31-24(16-26)17-34(51-31)37(47)43-11-14-49-15-12-43/h8-9,16-23,28H,4-7,10-15H2,1-3H3,(H,39,45)(H,40,46)/b38-21-. The van der Waals surface area contributed by atoms with Gasteiger partial charge in [-0.05, 0) is 69.3 Å². The van der Waals surface area contributed by atoms with Crippen LogP contribution < -0.4 is 20.1 Å². The number of aldehydes is 1. The van der Waals surface area contributed by atoms with Crippen LogP contribution >= 0.6 is 0 Å². The van der Waals surface area contributed by atoms with Gasteiger partial charge in [0.2, 0.25) is 5.91 Å². The molecule has 2 fully saturated rings. The smallest absolute Gasteiger partial charge is 0.289 e. The quantitative estimate of drug-likeness (QED) is 0.113. The number of methoxy groups -OCH3 is 1. The van der Waals surface area contributed by atoms with Crippen molar-refractivity contribution in [3.63, 3.8) is 0 Å². The number of anilines is 2. The summed E-state index contributed by atoms with van der Waals surface area (Å²) in [6, 6.07) is 11.9. The van der Waals surface area contributed by atoms with E-state index in [-0.39, 0.29) is 42.6 Å². The van der Waals surface area contributed by atoms with Gasteiger partial charge in [0.25, 0.3) is 11.8 Å². The zero-order valence-electron chi connectivity index (χ0n) is 29.0. The molecular weight excluding hydrogens is 656 g/mol. The van der Waals surface area contributed by atoms with Gasteiger partial charge in [0.1, 0.15) is 11.3 Å². The average molecular weight is 699 g/mol. The molecule has 1 atom stereocenters. The Morgan fingerprint density at radius 3 is 2.57 bits per heavy atom. The fraction of sp³-hybridized carbons (Fsp3) is 0.378. The Morgan fingerprint density at radius 2 is 1.82 bits per heavy atom. The van der Waals surface area contributed by atoms with Crippen molar-refractivity contribution >= 4 is 58.3 Å². The lowest BCUT2D eigenvalue weighted by atomic mass is 10.1. The molecule has 0 radical (unpaired) electrons. The van der Waals surface area contributed by atoms with Crippen LogP contribution in [0.4, 0.5) is 17.1 Å². The van der Waals surface area contributed by atoms with Crippen molar-refractivity contribution in [2.45, 2.75) is 31.7 Å². The average Bonchev–Trinajstić information content (AvgIpc) is 3.86. The summed E-state index contributed by atoms with van der Waals surface area (Å²) in [6.07, 6.45) is 6.97. The molecule has 1 unspecified atom stereocenters. The van der Waals surface area contributed by atoms with E-state index < -0.39 is 0 Å². The summed E-state index contributed by atoms with van der Waals surface area (Å²) >= 11 is 0. The number of morpholine rings is 1. The Labute approximate surface area is 295 Å². The minimum absolute atomic E-state index is 0.172. The maximum absolute atomic E-state index is 13.2. The molecule has 0 bridgehead atoms. The number of benzene rings is 2. The molecule has 14 nitrogen and oxygen atoms in total. The number of fused-ring (bicyclic) bond motifs is 1. The first-order valence-electron chi connectivity index (χ1n) is 16.9. The summed E-state index contributed by atoms with van der Waals surface area (Å²) in [5.74, 6) is 0.272. The highest BCUT2D eigenvalue weighted by Crippen LogP contribution is 2.35. The topological polar surface area (TPSA) is 157 Å². The van der Waals surface area contributed by atoms with E-state index in [1.54, 1.807) is 65.2 Å². The van der Waals surface area contributed by atoms with E-state index in [9.17, 15) is 19.2 Å². The number of rotatable bonds is 13. The molecule has 14 heteroatoms. The third-order valence-corrected chi connectivity index (χ3v) is 9.01. The Balaban J connectivity index is 1.01. The number of aromatic nitrogens is 1. The van der Waals surface area contributed by atoms with Crippen LogP contribution in [0.25, 0.3) is 11.0 Å². The fourth-order valence-electron chi connectivity index (χ4n) is 6.18. The molecule has 0 saturated carbocycles. The second-order valence-corrected chi connectivity index (χ2v) is 12.6. The normalized spacial score (nSPS) is 16.5. The molecule has 6 rings (SSSR count). The van der Waals surface area contributed by atoms with Gasteiger partial charge in [-0.25, -0.2) is 0 Å². The molecule has 2 aliphatic rings. The van der Waals surface area contributed by atoms with Gasteiger partial charge < -0.3 is 38.7 Å². The Kier molecular flexibility index (Phi) is 11.1. The van der Waals surface area contributed by atoms with E-state index in [1.165, 1.54) is 7.11 Å². The van der Waals surface area contributed by atoms with Gasteiger partial charge in [0, 0.05) is 67.7 Å². The number of carbonyl (C=O) groups excluding carboxylic acids is 4. The lowest BCUT2D eigenvalue weighted by Crippen LogP contribution is -2.40. The first-order valence-corrected chi connectivity index (χ1v) is 16.9. The van der Waals surface area contributed by atoms with E-state index >= 15 is 0 Å². The zero-order valence-corrected chi connectivity index (χ0v) is 29.0. The van der Waals surface area contributed by atoms with Gasteiger partial charge >= 0.3 is 0 Å². The summed E-state index contributed by atoms with van der Waals surface area (Å²) in [4.78, 5) is 59.0. The maximum atomic E-state index is 13.2. The second kappa shape index (κ2) is 16.0. The van der Waals surface area contributed by atoms with Crippen LogP contribution in [0.2, 0.25) is 0 Å². The number of carbonyl (C=O) groups is 4. The van der Waals surface area contributed by atoms with Crippen LogP contribution in [0.3, 0.4) is 0 Å². The number of nitrogens with one attached hydrogen (secondary N) is 2. The van der Waals surface area contributed by atoms with Crippen LogP contribution in [0.15, 0.2) is 58.1 Å². The second-order valence-electron chi connectivity index (χ2n) is 12.6. The molecule has 2 saturated heterocycles. The molecule has 268 valence electrons. The van der Waals surface area contributed by atoms with Gasteiger partial charge in [-0.1, -0.05) is 0 Å². The van der Waals surface area contributed by atoms with Crippen molar-refractivity contribution in [2.75, 3.05) is 64.2 Å². The minimum atomic E-state index is -0.368. The lowest BCUT2D eigenvalue weighted by Gasteiger charge is -2.25. The molecule has 3 amide bonds. The largest absolute Gasteiger partial charge is 0.493 e. The predicted molar refractivity (Wildman–Crippen MR) is 192 cm³/mol. The highest BCUT2D eigenvalue weighted by molar-refractivity contribution is 6.05. The molecule has 2 N–H and O–H groups in total. The first kappa shape index (κ1) is 35.4. The van der Waals surface area contributed by atoms with E-state index in [4.69, 9.17) is 18.6 Å². The summed E-state index contributed by atoms with van der Waals surface area (Å²) in [6.45, 7) is 3.24. The molecule has 2 aromatic carbocycles. The van der Waals surface area contributed by atoms with Crippen molar-refractivity contribution in [3.8, 4) is 11.5 Å². The number of hydrogen-bond donors (Lipinski definition) is 2. The molecule has 4 heterocycles. The molecule has 0 aliphatic carbocycles. The predicted octanol–water partition coefficient (Wildman–Crippen LogP) is 4.91.